The van der Waals surface area contributed by atoms with Crippen LogP contribution < -0.4 is 4.90 Å². The van der Waals surface area contributed by atoms with Gasteiger partial charge in [0, 0.05) is 5.56 Å². The number of carbonyl (C=O) groups is 2. The number of benzene rings is 2. The summed E-state index contributed by atoms with van der Waals surface area (Å²) in [4.78, 5) is 33.0. The predicted octanol–water partition coefficient (Wildman–Crippen LogP) is 3.65. The number of aromatic nitrogens is 5. The number of hydrogen-bond acceptors (Lipinski definition) is 8. The molecule has 0 fully saturated rings. The van der Waals surface area contributed by atoms with Gasteiger partial charge in [-0.1, -0.05) is 53.8 Å². The largest absolute Gasteiger partial charge is 0.462 e. The van der Waals surface area contributed by atoms with Gasteiger partial charge in [-0.3, -0.25) is 9.69 Å². The van der Waals surface area contributed by atoms with E-state index in [1.54, 1.807) is 26.0 Å². The molecule has 0 saturated heterocycles. The first-order valence-electron chi connectivity index (χ1n) is 10.5. The fourth-order valence-electron chi connectivity index (χ4n) is 3.14. The molecule has 0 spiro atoms. The molecule has 4 aromatic rings. The van der Waals surface area contributed by atoms with Crippen LogP contribution in [0.15, 0.2) is 54.6 Å². The number of halogens is 1. The van der Waals surface area contributed by atoms with E-state index < -0.39 is 5.97 Å². The molecule has 0 bridgehead atoms. The summed E-state index contributed by atoms with van der Waals surface area (Å²) in [6, 6.07) is 15.1. The molecule has 0 aliphatic rings. The lowest BCUT2D eigenvalue weighted by Gasteiger charge is -2.19. The third-order valence-electron chi connectivity index (χ3n) is 4.79. The van der Waals surface area contributed by atoms with Crippen LogP contribution in [0, 0.1) is 12.7 Å². The number of nitrogens with zero attached hydrogens (tertiary/aromatic N) is 6. The number of esters is 1. The first-order valence-corrected chi connectivity index (χ1v) is 11.3. The SMILES string of the molecule is CCOC(=O)c1sc(N(Cc2ccc(F)cc2)C(=O)Cn2nnc(-c3ccccc3)n2)nc1C. The summed E-state index contributed by atoms with van der Waals surface area (Å²) >= 11 is 1.06. The molecule has 0 unspecified atom stereocenters. The van der Waals surface area contributed by atoms with E-state index in [1.807, 2.05) is 30.3 Å². The van der Waals surface area contributed by atoms with E-state index in [9.17, 15) is 14.0 Å². The molecular formula is C23H21FN6O3S. The van der Waals surface area contributed by atoms with Crippen molar-refractivity contribution in [1.82, 2.24) is 25.2 Å². The third-order valence-corrected chi connectivity index (χ3v) is 5.95. The van der Waals surface area contributed by atoms with E-state index in [4.69, 9.17) is 4.74 Å². The van der Waals surface area contributed by atoms with Crippen LogP contribution in [-0.4, -0.2) is 43.7 Å². The number of carbonyl (C=O) groups excluding carboxylic acids is 2. The molecule has 2 aromatic heterocycles. The van der Waals surface area contributed by atoms with Crippen LogP contribution in [0.25, 0.3) is 11.4 Å². The summed E-state index contributed by atoms with van der Waals surface area (Å²) in [6.07, 6.45) is 0. The Balaban J connectivity index is 1.61. The zero-order valence-corrected chi connectivity index (χ0v) is 19.3. The Hall–Kier alpha value is -3.99. The fourth-order valence-corrected chi connectivity index (χ4v) is 4.12. The Morgan fingerprint density at radius 2 is 1.85 bits per heavy atom. The van der Waals surface area contributed by atoms with E-state index in [2.05, 4.69) is 20.4 Å². The average molecular weight is 481 g/mol. The third kappa shape index (κ3) is 5.31. The van der Waals surface area contributed by atoms with Gasteiger partial charge in [0.25, 0.3) is 5.91 Å². The second-order valence-corrected chi connectivity index (χ2v) is 8.22. The van der Waals surface area contributed by atoms with Gasteiger partial charge in [0.2, 0.25) is 5.82 Å². The van der Waals surface area contributed by atoms with Crippen molar-refractivity contribution in [3.63, 3.8) is 0 Å². The summed E-state index contributed by atoms with van der Waals surface area (Å²) in [5.74, 6) is -0.848. The number of ether oxygens (including phenoxy) is 1. The minimum Gasteiger partial charge on any atom is -0.462 e. The van der Waals surface area contributed by atoms with E-state index in [-0.39, 0.29) is 31.4 Å². The first kappa shape index (κ1) is 23.2. The van der Waals surface area contributed by atoms with Gasteiger partial charge >= 0.3 is 5.97 Å². The van der Waals surface area contributed by atoms with Gasteiger partial charge in [0.15, 0.2) is 5.13 Å². The zero-order chi connectivity index (χ0) is 24.1. The smallest absolute Gasteiger partial charge is 0.350 e. The maximum atomic E-state index is 13.4. The number of anilines is 1. The van der Waals surface area contributed by atoms with Crippen molar-refractivity contribution in [2.45, 2.75) is 26.9 Å². The Labute approximate surface area is 198 Å². The maximum absolute atomic E-state index is 13.4. The number of thiazole rings is 1. The van der Waals surface area contributed by atoms with Crippen molar-refractivity contribution in [3.8, 4) is 11.4 Å². The summed E-state index contributed by atoms with van der Waals surface area (Å²) < 4.78 is 18.5. The van der Waals surface area contributed by atoms with Crippen molar-refractivity contribution in [2.24, 2.45) is 0 Å². The second-order valence-electron chi connectivity index (χ2n) is 7.25. The monoisotopic (exact) mass is 480 g/mol. The Bertz CT molecular complexity index is 1290. The van der Waals surface area contributed by atoms with E-state index in [1.165, 1.54) is 21.8 Å². The minimum atomic E-state index is -0.497. The summed E-state index contributed by atoms with van der Waals surface area (Å²) in [6.45, 7) is 3.54. The molecule has 9 nitrogen and oxygen atoms in total. The average Bonchev–Trinajstić information content (AvgIpc) is 3.46. The van der Waals surface area contributed by atoms with Crippen molar-refractivity contribution >= 4 is 28.3 Å². The number of rotatable bonds is 8. The summed E-state index contributed by atoms with van der Waals surface area (Å²) in [5, 5.41) is 12.6. The van der Waals surface area contributed by atoms with Crippen LogP contribution in [0.5, 0.6) is 0 Å². The number of hydrogen-bond donors (Lipinski definition) is 0. The van der Waals surface area contributed by atoms with Crippen molar-refractivity contribution in [3.05, 3.63) is 76.5 Å². The zero-order valence-electron chi connectivity index (χ0n) is 18.5. The van der Waals surface area contributed by atoms with Crippen LogP contribution in [0.1, 0.15) is 27.9 Å². The molecule has 0 aliphatic carbocycles. The molecule has 0 saturated carbocycles. The van der Waals surface area contributed by atoms with E-state index in [0.29, 0.717) is 27.1 Å². The lowest BCUT2D eigenvalue weighted by molar-refractivity contribution is -0.119. The van der Waals surface area contributed by atoms with Crippen molar-refractivity contribution < 1.29 is 18.7 Å². The summed E-state index contributed by atoms with van der Waals surface area (Å²) in [5.41, 5.74) is 1.93. The highest BCUT2D eigenvalue weighted by Crippen LogP contribution is 2.28. The lowest BCUT2D eigenvalue weighted by atomic mass is 10.2. The van der Waals surface area contributed by atoms with Crippen LogP contribution in [0.4, 0.5) is 9.52 Å². The molecular weight excluding hydrogens is 459 g/mol. The topological polar surface area (TPSA) is 103 Å². The van der Waals surface area contributed by atoms with Crippen LogP contribution in [0.3, 0.4) is 0 Å². The van der Waals surface area contributed by atoms with Crippen molar-refractivity contribution in [1.29, 1.82) is 0 Å². The minimum absolute atomic E-state index is 0.120. The number of amides is 1. The highest BCUT2D eigenvalue weighted by molar-refractivity contribution is 7.17. The van der Waals surface area contributed by atoms with Crippen LogP contribution in [-0.2, 0) is 22.6 Å². The molecule has 11 heteroatoms. The Morgan fingerprint density at radius 3 is 2.56 bits per heavy atom. The fraction of sp³-hybridized carbons (Fsp3) is 0.217. The number of aryl methyl sites for hydroxylation is 1. The van der Waals surface area contributed by atoms with Gasteiger partial charge < -0.3 is 4.74 Å². The Morgan fingerprint density at radius 1 is 1.12 bits per heavy atom. The van der Waals surface area contributed by atoms with Gasteiger partial charge in [-0.15, -0.1) is 10.2 Å². The second kappa shape index (κ2) is 10.3. The normalized spacial score (nSPS) is 10.8. The van der Waals surface area contributed by atoms with Crippen molar-refractivity contribution in [2.75, 3.05) is 11.5 Å². The molecule has 0 aliphatic heterocycles. The lowest BCUT2D eigenvalue weighted by Crippen LogP contribution is -2.34. The first-order chi connectivity index (χ1) is 16.4. The van der Waals surface area contributed by atoms with Crippen LogP contribution >= 0.6 is 11.3 Å². The standard InChI is InChI=1S/C23H21FN6O3S/c1-3-33-22(32)20-15(2)25-23(34-20)29(13-16-9-11-18(24)12-10-16)19(31)14-30-27-21(26-28-30)17-7-5-4-6-8-17/h4-12H,3,13-14H2,1-2H3. The highest BCUT2D eigenvalue weighted by atomic mass is 32.1. The maximum Gasteiger partial charge on any atom is 0.350 e. The molecule has 2 aromatic carbocycles. The van der Waals surface area contributed by atoms with Gasteiger partial charge in [-0.05, 0) is 36.8 Å². The van der Waals surface area contributed by atoms with Crippen LogP contribution in [0.2, 0.25) is 0 Å². The summed E-state index contributed by atoms with van der Waals surface area (Å²) in [7, 11) is 0. The van der Waals surface area contributed by atoms with Gasteiger partial charge in [-0.2, -0.15) is 4.80 Å². The number of tetrazole rings is 1. The quantitative estimate of drug-likeness (QED) is 0.355. The van der Waals surface area contributed by atoms with E-state index >= 15 is 0 Å². The highest BCUT2D eigenvalue weighted by Gasteiger charge is 2.25. The van der Waals surface area contributed by atoms with Gasteiger partial charge in [0.1, 0.15) is 17.2 Å². The van der Waals surface area contributed by atoms with Gasteiger partial charge in [-0.25, -0.2) is 14.2 Å². The Kier molecular flexibility index (Phi) is 7.02. The molecule has 0 atom stereocenters. The molecule has 34 heavy (non-hydrogen) atoms. The molecule has 0 N–H and O–H groups in total. The molecule has 174 valence electrons. The molecule has 2 heterocycles. The molecule has 0 radical (unpaired) electrons. The van der Waals surface area contributed by atoms with Gasteiger partial charge in [0.05, 0.1) is 18.8 Å². The molecule has 1 amide bonds. The van der Waals surface area contributed by atoms with E-state index in [0.717, 1.165) is 16.9 Å². The predicted molar refractivity (Wildman–Crippen MR) is 124 cm³/mol. The molecule has 4 rings (SSSR count).